The van der Waals surface area contributed by atoms with E-state index in [1.54, 1.807) is 102 Å². The highest BCUT2D eigenvalue weighted by Gasteiger charge is 2.32. The third-order valence-electron chi connectivity index (χ3n) is 10.3. The molecule has 19 nitrogen and oxygen atoms in total. The molecule has 0 unspecified atom stereocenters. The minimum Gasteiger partial charge on any atom is -0.444 e. The second kappa shape index (κ2) is 29.2. The van der Waals surface area contributed by atoms with Gasteiger partial charge >= 0.3 is 12.2 Å². The summed E-state index contributed by atoms with van der Waals surface area (Å²) in [5, 5.41) is 18.6. The van der Waals surface area contributed by atoms with Gasteiger partial charge in [0.1, 0.15) is 41.4 Å². The lowest BCUT2D eigenvalue weighted by Gasteiger charge is -2.27. The highest BCUT2D eigenvalue weighted by molar-refractivity contribution is 5.96. The Kier molecular flexibility index (Phi) is 24.0. The minimum atomic E-state index is -1.28. The van der Waals surface area contributed by atoms with Crippen molar-refractivity contribution in [2.24, 2.45) is 11.7 Å². The van der Waals surface area contributed by atoms with Crippen LogP contribution in [0.25, 0.3) is 0 Å². The molecule has 3 aromatic carbocycles. The Morgan fingerprint density at radius 3 is 1.49 bits per heavy atom. The molecular weight excluding hydrogens is 913 g/mol. The van der Waals surface area contributed by atoms with Crippen LogP contribution in [0.1, 0.15) is 97.8 Å². The van der Waals surface area contributed by atoms with Crippen molar-refractivity contribution >= 4 is 47.6 Å². The lowest BCUT2D eigenvalue weighted by molar-refractivity contribution is -0.134. The molecule has 0 heterocycles. The largest absolute Gasteiger partial charge is 0.444 e. The average Bonchev–Trinajstić information content (AvgIpc) is 3.29. The maximum absolute atomic E-state index is 14.4. The molecule has 0 fully saturated rings. The van der Waals surface area contributed by atoms with Crippen LogP contribution in [0.2, 0.25) is 0 Å². The van der Waals surface area contributed by atoms with E-state index in [4.69, 9.17) is 19.9 Å². The van der Waals surface area contributed by atoms with E-state index in [1.807, 2.05) is 44.2 Å². The van der Waals surface area contributed by atoms with Crippen molar-refractivity contribution in [3.8, 4) is 0 Å². The Morgan fingerprint density at radius 2 is 0.986 bits per heavy atom. The highest BCUT2D eigenvalue weighted by Crippen LogP contribution is 2.12. The first-order valence-corrected chi connectivity index (χ1v) is 23.9. The zero-order valence-electron chi connectivity index (χ0n) is 42.3. The summed E-state index contributed by atoms with van der Waals surface area (Å²) in [5.74, 6) is -4.42. The van der Waals surface area contributed by atoms with E-state index in [-0.39, 0.29) is 57.6 Å². The number of primary amides is 1. The van der Waals surface area contributed by atoms with Gasteiger partial charge in [-0.25, -0.2) is 9.59 Å². The van der Waals surface area contributed by atoms with E-state index >= 15 is 0 Å². The van der Waals surface area contributed by atoms with Crippen LogP contribution in [0.3, 0.4) is 0 Å². The minimum absolute atomic E-state index is 0.0124. The molecule has 3 aromatic rings. The lowest BCUT2D eigenvalue weighted by atomic mass is 10.0. The molecule has 3 rings (SSSR count). The zero-order valence-corrected chi connectivity index (χ0v) is 42.3. The number of hydrogen-bond donors (Lipinski definition) is 8. The third-order valence-corrected chi connectivity index (χ3v) is 10.3. The van der Waals surface area contributed by atoms with Crippen LogP contribution in [-0.4, -0.2) is 109 Å². The fourth-order valence-electron chi connectivity index (χ4n) is 6.95. The standard InChI is InChI=1S/C52H74N8O11/c1-34(2)29-40(47(65)57-38(44(53)62)26-28-69-33-37-23-16-11-17-24-37)56-43(61)32-55-45(63)41(30-35-19-12-9-13-20-35)58-48(66)42(31-36-21-14-10-15-22-36)59-46(64)39(60-50(68)71-52(6,7)8)25-18-27-54-49(67)70-51(3,4)5/h9-17,19-24,34,38-42H,18,25-33H2,1-8H3,(H2,53,62)(H,54,67)(H,55,63)(H,56,61)(H,57,65)(H,58,66)(H,59,64)(H,60,68)/t38-,39-,40-,41-,42-/m0/s1. The lowest BCUT2D eigenvalue weighted by Crippen LogP contribution is -2.58. The number of ether oxygens (including phenoxy) is 3. The van der Waals surface area contributed by atoms with Crippen LogP contribution in [-0.2, 0) is 62.4 Å². The summed E-state index contributed by atoms with van der Waals surface area (Å²) in [4.78, 5) is 107. The number of nitrogens with two attached hydrogens (primary N) is 1. The van der Waals surface area contributed by atoms with Crippen molar-refractivity contribution in [1.82, 2.24) is 37.2 Å². The predicted octanol–water partition coefficient (Wildman–Crippen LogP) is 3.86. The summed E-state index contributed by atoms with van der Waals surface area (Å²) in [7, 11) is 0. The van der Waals surface area contributed by atoms with Crippen molar-refractivity contribution in [3.05, 3.63) is 108 Å². The van der Waals surface area contributed by atoms with Gasteiger partial charge in [-0.15, -0.1) is 0 Å². The molecule has 8 amide bonds. The molecule has 0 saturated carbocycles. The van der Waals surface area contributed by atoms with Crippen molar-refractivity contribution in [1.29, 1.82) is 0 Å². The number of benzene rings is 3. The number of alkyl carbamates (subject to hydrolysis) is 2. The average molecular weight is 987 g/mol. The van der Waals surface area contributed by atoms with Crippen LogP contribution in [0, 0.1) is 5.92 Å². The second-order valence-corrected chi connectivity index (χ2v) is 19.5. The second-order valence-electron chi connectivity index (χ2n) is 19.5. The molecule has 0 spiro atoms. The van der Waals surface area contributed by atoms with Gasteiger partial charge in [0.15, 0.2) is 0 Å². The molecule has 0 radical (unpaired) electrons. The number of amides is 8. The molecule has 0 aromatic heterocycles. The molecule has 0 bridgehead atoms. The summed E-state index contributed by atoms with van der Waals surface area (Å²) in [6.45, 7) is 13.8. The Bertz CT molecular complexity index is 2180. The van der Waals surface area contributed by atoms with Gasteiger partial charge in [-0.1, -0.05) is 105 Å². The van der Waals surface area contributed by atoms with Crippen LogP contribution >= 0.6 is 0 Å². The van der Waals surface area contributed by atoms with Gasteiger partial charge < -0.3 is 57.2 Å². The quantitative estimate of drug-likeness (QED) is 0.0508. The smallest absolute Gasteiger partial charge is 0.408 e. The Hall–Kier alpha value is -7.02. The maximum Gasteiger partial charge on any atom is 0.408 e. The van der Waals surface area contributed by atoms with Gasteiger partial charge in [0, 0.05) is 26.0 Å². The molecule has 388 valence electrons. The van der Waals surface area contributed by atoms with Crippen molar-refractivity contribution in [3.63, 3.8) is 0 Å². The van der Waals surface area contributed by atoms with Crippen molar-refractivity contribution in [2.45, 2.75) is 142 Å². The Balaban J connectivity index is 1.78. The van der Waals surface area contributed by atoms with E-state index in [9.17, 15) is 38.4 Å². The van der Waals surface area contributed by atoms with Gasteiger partial charge in [0.25, 0.3) is 0 Å². The predicted molar refractivity (Wildman–Crippen MR) is 267 cm³/mol. The Labute approximate surface area is 417 Å². The molecule has 71 heavy (non-hydrogen) atoms. The third kappa shape index (κ3) is 24.4. The Morgan fingerprint density at radius 1 is 0.521 bits per heavy atom. The van der Waals surface area contributed by atoms with E-state index in [2.05, 4.69) is 37.2 Å². The number of hydrogen-bond acceptors (Lipinski definition) is 11. The molecule has 9 N–H and O–H groups in total. The number of rotatable bonds is 27. The SMILES string of the molecule is CC(C)C[C@H](NC(=O)CNC(=O)[C@H](Cc1ccccc1)NC(=O)[C@H](Cc1ccccc1)NC(=O)[C@H](CCCNC(=O)OC(C)(C)C)NC(=O)OC(C)(C)C)C(=O)N[C@@H](CCOCc1ccccc1)C(N)=O. The fraction of sp³-hybridized carbons (Fsp3) is 0.500. The maximum atomic E-state index is 14.4. The molecule has 0 aliphatic heterocycles. The topological polar surface area (TPSA) is 274 Å². The summed E-state index contributed by atoms with van der Waals surface area (Å²) >= 11 is 0. The van der Waals surface area contributed by atoms with Gasteiger partial charge in [-0.05, 0) is 89.8 Å². The molecule has 19 heteroatoms. The summed E-state index contributed by atoms with van der Waals surface area (Å²) in [6, 6.07) is 21.2. The zero-order chi connectivity index (χ0) is 52.6. The van der Waals surface area contributed by atoms with E-state index in [0.717, 1.165) is 5.56 Å². The van der Waals surface area contributed by atoms with Gasteiger partial charge in [0.05, 0.1) is 13.2 Å². The number of carbonyl (C=O) groups excluding carboxylic acids is 8. The highest BCUT2D eigenvalue weighted by atomic mass is 16.6. The monoisotopic (exact) mass is 987 g/mol. The van der Waals surface area contributed by atoms with Crippen molar-refractivity contribution in [2.75, 3.05) is 19.7 Å². The van der Waals surface area contributed by atoms with Gasteiger partial charge in [-0.2, -0.15) is 0 Å². The molecule has 0 aliphatic rings. The van der Waals surface area contributed by atoms with Crippen LogP contribution in [0.15, 0.2) is 91.0 Å². The van der Waals surface area contributed by atoms with E-state index < -0.39 is 95.6 Å². The first-order chi connectivity index (χ1) is 33.5. The van der Waals surface area contributed by atoms with Gasteiger partial charge in [-0.3, -0.25) is 28.8 Å². The fourth-order valence-corrected chi connectivity index (χ4v) is 6.95. The molecule has 0 saturated heterocycles. The first kappa shape index (κ1) is 58.3. The summed E-state index contributed by atoms with van der Waals surface area (Å²) in [6.07, 6.45) is -1.03. The van der Waals surface area contributed by atoms with Crippen LogP contribution < -0.4 is 43.0 Å². The number of nitrogens with one attached hydrogen (secondary N) is 7. The van der Waals surface area contributed by atoms with Crippen LogP contribution in [0.4, 0.5) is 9.59 Å². The number of carbonyl (C=O) groups is 8. The molecule has 5 atom stereocenters. The summed E-state index contributed by atoms with van der Waals surface area (Å²) in [5.41, 5.74) is 6.28. The van der Waals surface area contributed by atoms with E-state index in [1.165, 1.54) is 0 Å². The van der Waals surface area contributed by atoms with E-state index in [0.29, 0.717) is 17.7 Å². The van der Waals surface area contributed by atoms with Crippen molar-refractivity contribution < 1.29 is 52.6 Å². The normalized spacial score (nSPS) is 13.5. The van der Waals surface area contributed by atoms with Crippen LogP contribution in [0.5, 0.6) is 0 Å². The molecular formula is C52H74N8O11. The first-order valence-electron chi connectivity index (χ1n) is 23.9. The summed E-state index contributed by atoms with van der Waals surface area (Å²) < 4.78 is 16.4. The van der Waals surface area contributed by atoms with Gasteiger partial charge in [0.2, 0.25) is 35.4 Å². The molecule has 0 aliphatic carbocycles.